The van der Waals surface area contributed by atoms with Crippen LogP contribution in [0, 0.1) is 5.92 Å². The van der Waals surface area contributed by atoms with Crippen molar-refractivity contribution in [2.45, 2.75) is 33.7 Å². The Morgan fingerprint density at radius 1 is 1.24 bits per heavy atom. The van der Waals surface area contributed by atoms with Crippen LogP contribution in [0.1, 0.15) is 43.1 Å². The summed E-state index contributed by atoms with van der Waals surface area (Å²) in [6.07, 6.45) is 1.04. The first-order chi connectivity index (χ1) is 9.97. The molecular weight excluding hydrogens is 268 g/mol. The number of aromatic carboxylic acids is 1. The standard InChI is InChI=1S/C16H24N2O3/c1-4-12(3)11-18(5-2)16(21)17-10-13-6-8-14(9-7-13)15(19)20/h6-9,12H,4-5,10-11H2,1-3H3,(H,17,21)(H,19,20). The van der Waals surface area contributed by atoms with Crippen molar-refractivity contribution in [3.63, 3.8) is 0 Å². The van der Waals surface area contributed by atoms with Crippen LogP contribution in [0.25, 0.3) is 0 Å². The van der Waals surface area contributed by atoms with Crippen LogP contribution in [0.2, 0.25) is 0 Å². The average molecular weight is 292 g/mol. The summed E-state index contributed by atoms with van der Waals surface area (Å²) in [6, 6.07) is 6.44. The third-order valence-corrected chi connectivity index (χ3v) is 3.54. The molecule has 1 aromatic rings. The summed E-state index contributed by atoms with van der Waals surface area (Å²) in [5.41, 5.74) is 1.13. The van der Waals surface area contributed by atoms with E-state index in [1.807, 2.05) is 6.92 Å². The molecule has 0 heterocycles. The van der Waals surface area contributed by atoms with Gasteiger partial charge in [-0.1, -0.05) is 32.4 Å². The molecule has 5 nitrogen and oxygen atoms in total. The van der Waals surface area contributed by atoms with Crippen molar-refractivity contribution >= 4 is 12.0 Å². The van der Waals surface area contributed by atoms with Gasteiger partial charge in [-0.05, 0) is 30.5 Å². The number of nitrogens with one attached hydrogen (secondary N) is 1. The van der Waals surface area contributed by atoms with E-state index in [9.17, 15) is 9.59 Å². The second kappa shape index (κ2) is 8.29. The number of hydrogen-bond donors (Lipinski definition) is 2. The van der Waals surface area contributed by atoms with E-state index < -0.39 is 5.97 Å². The third kappa shape index (κ3) is 5.45. The first kappa shape index (κ1) is 17.0. The Kier molecular flexibility index (Phi) is 6.72. The molecule has 1 unspecified atom stereocenters. The van der Waals surface area contributed by atoms with Crippen molar-refractivity contribution in [1.29, 1.82) is 0 Å². The first-order valence-electron chi connectivity index (χ1n) is 7.32. The zero-order valence-corrected chi connectivity index (χ0v) is 12.9. The van der Waals surface area contributed by atoms with Crippen LogP contribution in [0.3, 0.4) is 0 Å². The van der Waals surface area contributed by atoms with Crippen LogP contribution in [0.5, 0.6) is 0 Å². The Morgan fingerprint density at radius 3 is 2.33 bits per heavy atom. The molecule has 1 atom stereocenters. The number of carboxylic acids is 1. The highest BCUT2D eigenvalue weighted by Crippen LogP contribution is 2.06. The van der Waals surface area contributed by atoms with Crippen molar-refractivity contribution in [3.05, 3.63) is 35.4 Å². The summed E-state index contributed by atoms with van der Waals surface area (Å²) in [6.45, 7) is 8.02. The Labute approximate surface area is 126 Å². The molecule has 0 radical (unpaired) electrons. The van der Waals surface area contributed by atoms with E-state index in [2.05, 4.69) is 19.2 Å². The Morgan fingerprint density at radius 2 is 1.86 bits per heavy atom. The fourth-order valence-electron chi connectivity index (χ4n) is 1.92. The van der Waals surface area contributed by atoms with Gasteiger partial charge in [0.2, 0.25) is 0 Å². The Hall–Kier alpha value is -2.04. The lowest BCUT2D eigenvalue weighted by atomic mass is 10.1. The summed E-state index contributed by atoms with van der Waals surface area (Å²) in [5, 5.41) is 11.7. The van der Waals surface area contributed by atoms with Crippen LogP contribution in [-0.2, 0) is 6.54 Å². The molecule has 2 amide bonds. The van der Waals surface area contributed by atoms with E-state index in [1.165, 1.54) is 0 Å². The minimum Gasteiger partial charge on any atom is -0.478 e. The van der Waals surface area contributed by atoms with E-state index in [0.717, 1.165) is 18.5 Å². The van der Waals surface area contributed by atoms with Gasteiger partial charge in [0.25, 0.3) is 0 Å². The summed E-state index contributed by atoms with van der Waals surface area (Å²) in [7, 11) is 0. The van der Waals surface area contributed by atoms with E-state index in [-0.39, 0.29) is 11.6 Å². The van der Waals surface area contributed by atoms with Gasteiger partial charge in [-0.2, -0.15) is 0 Å². The number of benzene rings is 1. The van der Waals surface area contributed by atoms with Crippen molar-refractivity contribution in [3.8, 4) is 0 Å². The number of carboxylic acid groups (broad SMARTS) is 1. The minimum absolute atomic E-state index is 0.0832. The molecule has 2 N–H and O–H groups in total. The lowest BCUT2D eigenvalue weighted by Gasteiger charge is -2.24. The fraction of sp³-hybridized carbons (Fsp3) is 0.500. The van der Waals surface area contributed by atoms with Crippen LogP contribution in [0.4, 0.5) is 4.79 Å². The monoisotopic (exact) mass is 292 g/mol. The molecule has 0 aliphatic carbocycles. The van der Waals surface area contributed by atoms with Gasteiger partial charge in [-0.3, -0.25) is 0 Å². The SMILES string of the molecule is CCC(C)CN(CC)C(=O)NCc1ccc(C(=O)O)cc1. The van der Waals surface area contributed by atoms with E-state index >= 15 is 0 Å². The predicted molar refractivity (Wildman–Crippen MR) is 82.3 cm³/mol. The lowest BCUT2D eigenvalue weighted by molar-refractivity contribution is 0.0697. The molecule has 0 saturated heterocycles. The number of amides is 2. The molecule has 0 saturated carbocycles. The Balaban J connectivity index is 2.52. The van der Waals surface area contributed by atoms with Crippen molar-refractivity contribution in [2.75, 3.05) is 13.1 Å². The molecule has 116 valence electrons. The number of hydrogen-bond acceptors (Lipinski definition) is 2. The maximum atomic E-state index is 12.1. The highest BCUT2D eigenvalue weighted by atomic mass is 16.4. The topological polar surface area (TPSA) is 69.6 Å². The fourth-order valence-corrected chi connectivity index (χ4v) is 1.92. The van der Waals surface area contributed by atoms with Crippen molar-refractivity contribution in [2.24, 2.45) is 5.92 Å². The third-order valence-electron chi connectivity index (χ3n) is 3.54. The molecule has 0 bridgehead atoms. The van der Waals surface area contributed by atoms with Gasteiger partial charge >= 0.3 is 12.0 Å². The number of carbonyl (C=O) groups excluding carboxylic acids is 1. The zero-order chi connectivity index (χ0) is 15.8. The van der Waals surface area contributed by atoms with Crippen LogP contribution in [-0.4, -0.2) is 35.1 Å². The largest absolute Gasteiger partial charge is 0.478 e. The molecule has 0 aliphatic rings. The van der Waals surface area contributed by atoms with E-state index in [1.54, 1.807) is 29.2 Å². The summed E-state index contributed by atoms with van der Waals surface area (Å²) < 4.78 is 0. The molecule has 1 aromatic carbocycles. The van der Waals surface area contributed by atoms with Gasteiger partial charge in [-0.25, -0.2) is 9.59 Å². The van der Waals surface area contributed by atoms with Crippen LogP contribution >= 0.6 is 0 Å². The van der Waals surface area contributed by atoms with Gasteiger partial charge in [-0.15, -0.1) is 0 Å². The summed E-state index contributed by atoms with van der Waals surface area (Å²) in [4.78, 5) is 24.6. The summed E-state index contributed by atoms with van der Waals surface area (Å²) in [5.74, 6) is -0.471. The number of nitrogens with zero attached hydrogens (tertiary/aromatic N) is 1. The van der Waals surface area contributed by atoms with E-state index in [0.29, 0.717) is 19.0 Å². The quantitative estimate of drug-likeness (QED) is 0.811. The second-order valence-electron chi connectivity index (χ2n) is 5.21. The maximum Gasteiger partial charge on any atom is 0.335 e. The molecule has 21 heavy (non-hydrogen) atoms. The highest BCUT2D eigenvalue weighted by molar-refractivity contribution is 5.87. The zero-order valence-electron chi connectivity index (χ0n) is 12.9. The normalized spacial score (nSPS) is 11.8. The van der Waals surface area contributed by atoms with Crippen molar-refractivity contribution < 1.29 is 14.7 Å². The second-order valence-corrected chi connectivity index (χ2v) is 5.21. The van der Waals surface area contributed by atoms with Gasteiger partial charge in [0.15, 0.2) is 0 Å². The lowest BCUT2D eigenvalue weighted by Crippen LogP contribution is -2.41. The minimum atomic E-state index is -0.948. The van der Waals surface area contributed by atoms with E-state index in [4.69, 9.17) is 5.11 Å². The Bertz CT molecular complexity index is 471. The number of rotatable bonds is 7. The molecule has 5 heteroatoms. The van der Waals surface area contributed by atoms with Crippen LogP contribution < -0.4 is 5.32 Å². The molecule has 1 rings (SSSR count). The van der Waals surface area contributed by atoms with Gasteiger partial charge in [0.05, 0.1) is 5.56 Å². The molecule has 0 aromatic heterocycles. The highest BCUT2D eigenvalue weighted by Gasteiger charge is 2.13. The van der Waals surface area contributed by atoms with Gasteiger partial charge in [0.1, 0.15) is 0 Å². The predicted octanol–water partition coefficient (Wildman–Crippen LogP) is 2.96. The average Bonchev–Trinajstić information content (AvgIpc) is 2.50. The number of urea groups is 1. The molecule has 0 aliphatic heterocycles. The number of carbonyl (C=O) groups is 2. The van der Waals surface area contributed by atoms with Gasteiger partial charge in [0, 0.05) is 19.6 Å². The molecular formula is C16H24N2O3. The smallest absolute Gasteiger partial charge is 0.335 e. The molecule has 0 fully saturated rings. The first-order valence-corrected chi connectivity index (χ1v) is 7.32. The maximum absolute atomic E-state index is 12.1. The van der Waals surface area contributed by atoms with Crippen molar-refractivity contribution in [1.82, 2.24) is 10.2 Å². The summed E-state index contributed by atoms with van der Waals surface area (Å²) >= 11 is 0. The van der Waals surface area contributed by atoms with Crippen LogP contribution in [0.15, 0.2) is 24.3 Å². The van der Waals surface area contributed by atoms with Gasteiger partial charge < -0.3 is 15.3 Å². The molecule has 0 spiro atoms.